The number of likely N-dealkylation sites (tertiary alicyclic amines) is 1. The summed E-state index contributed by atoms with van der Waals surface area (Å²) >= 11 is 0. The number of nitrogens with one attached hydrogen (secondary N) is 1. The Bertz CT molecular complexity index is 1480. The van der Waals surface area contributed by atoms with Crippen molar-refractivity contribution >= 4 is 22.6 Å². The summed E-state index contributed by atoms with van der Waals surface area (Å²) in [6, 6.07) is 4.39. The molecule has 0 unspecified atom stereocenters. The van der Waals surface area contributed by atoms with E-state index >= 15 is 0 Å². The van der Waals surface area contributed by atoms with E-state index in [0.717, 1.165) is 59.4 Å². The molecule has 4 aromatic rings. The van der Waals surface area contributed by atoms with Crippen molar-refractivity contribution in [1.82, 2.24) is 34.4 Å². The normalized spacial score (nSPS) is 17.5. The smallest absolute Gasteiger partial charge is 0.236 e. The van der Waals surface area contributed by atoms with Crippen molar-refractivity contribution < 1.29 is 4.79 Å². The summed E-state index contributed by atoms with van der Waals surface area (Å²) in [5.74, 6) is 1.03. The summed E-state index contributed by atoms with van der Waals surface area (Å²) in [4.78, 5) is 29.6. The molecule has 1 aliphatic carbocycles. The number of aromatic nitrogens is 5. The van der Waals surface area contributed by atoms with Gasteiger partial charge in [-0.15, -0.1) is 0 Å². The number of H-pyrrole nitrogens is 1. The minimum Gasteiger partial charge on any atom is -0.353 e. The number of aromatic amines is 1. The maximum Gasteiger partial charge on any atom is 0.236 e. The van der Waals surface area contributed by atoms with Crippen LogP contribution in [-0.2, 0) is 4.79 Å². The van der Waals surface area contributed by atoms with Crippen LogP contribution < -0.4 is 0 Å². The van der Waals surface area contributed by atoms with E-state index in [-0.39, 0.29) is 5.91 Å². The molecule has 1 aliphatic heterocycles. The maximum absolute atomic E-state index is 12.3. The number of carbonyl (C=O) groups excluding carboxylic acids is 1. The van der Waals surface area contributed by atoms with Gasteiger partial charge in [-0.3, -0.25) is 9.78 Å². The highest BCUT2D eigenvalue weighted by atomic mass is 16.2. The van der Waals surface area contributed by atoms with E-state index in [1.165, 1.54) is 16.8 Å². The van der Waals surface area contributed by atoms with Gasteiger partial charge in [-0.2, -0.15) is 5.10 Å². The molecule has 2 aliphatic rings. The minimum atomic E-state index is 0.240. The Morgan fingerprint density at radius 1 is 1.19 bits per heavy atom. The van der Waals surface area contributed by atoms with E-state index in [9.17, 15) is 4.79 Å². The van der Waals surface area contributed by atoms with Gasteiger partial charge in [-0.1, -0.05) is 13.8 Å². The lowest BCUT2D eigenvalue weighted by Gasteiger charge is -2.59. The van der Waals surface area contributed by atoms with Crippen LogP contribution in [0.3, 0.4) is 0 Å². The summed E-state index contributed by atoms with van der Waals surface area (Å²) in [6.45, 7) is 11.0. The number of fused-ring (bicyclic) bond motifs is 2. The standard InChI is InChI=1S/C28H35N7O/c1-16(2)24-25(20-11-35-27(29-15-30-35)18(4)17(20)3)32-22-8-7-21(31-26(22)24)19-9-28(10-19)13-34(14-28)23(36)12-33(5)6/h7-8,11,15-16,19,32H,9-10,12-14H2,1-6H3. The van der Waals surface area contributed by atoms with Crippen LogP contribution in [0.1, 0.15) is 60.9 Å². The van der Waals surface area contributed by atoms with Gasteiger partial charge in [0.15, 0.2) is 5.65 Å². The number of carbonyl (C=O) groups is 1. The zero-order valence-electron chi connectivity index (χ0n) is 22.1. The molecule has 188 valence electrons. The molecule has 0 atom stereocenters. The second kappa shape index (κ2) is 8.13. The van der Waals surface area contributed by atoms with Gasteiger partial charge in [0.2, 0.25) is 5.91 Å². The summed E-state index contributed by atoms with van der Waals surface area (Å²) < 4.78 is 1.87. The molecule has 8 nitrogen and oxygen atoms in total. The molecule has 4 aromatic heterocycles. The van der Waals surface area contributed by atoms with Gasteiger partial charge in [-0.25, -0.2) is 9.50 Å². The van der Waals surface area contributed by atoms with E-state index in [1.54, 1.807) is 6.33 Å². The number of hydrogen-bond donors (Lipinski definition) is 1. The Hall–Kier alpha value is -3.26. The molecule has 1 saturated heterocycles. The van der Waals surface area contributed by atoms with E-state index in [1.807, 2.05) is 28.4 Å². The van der Waals surface area contributed by atoms with Gasteiger partial charge < -0.3 is 14.8 Å². The Balaban J connectivity index is 1.29. The summed E-state index contributed by atoms with van der Waals surface area (Å²) in [5, 5.41) is 4.40. The van der Waals surface area contributed by atoms with E-state index < -0.39 is 0 Å². The van der Waals surface area contributed by atoms with Crippen molar-refractivity contribution in [2.45, 2.75) is 52.4 Å². The molecule has 1 N–H and O–H groups in total. The first-order valence-electron chi connectivity index (χ1n) is 12.9. The van der Waals surface area contributed by atoms with Crippen molar-refractivity contribution in [3.8, 4) is 11.3 Å². The Morgan fingerprint density at radius 3 is 2.64 bits per heavy atom. The van der Waals surface area contributed by atoms with Crippen molar-refractivity contribution in [1.29, 1.82) is 0 Å². The van der Waals surface area contributed by atoms with E-state index in [0.29, 0.717) is 23.8 Å². The number of hydrogen-bond acceptors (Lipinski definition) is 5. The minimum absolute atomic E-state index is 0.240. The molecule has 0 aromatic carbocycles. The van der Waals surface area contributed by atoms with Gasteiger partial charge in [0.05, 0.1) is 23.3 Å². The maximum atomic E-state index is 12.3. The number of likely N-dealkylation sites (N-methyl/N-ethyl adjacent to an activating group) is 1. The van der Waals surface area contributed by atoms with Crippen LogP contribution in [0.5, 0.6) is 0 Å². The van der Waals surface area contributed by atoms with Crippen molar-refractivity contribution in [2.75, 3.05) is 33.7 Å². The van der Waals surface area contributed by atoms with Gasteiger partial charge in [0, 0.05) is 47.4 Å². The molecular formula is C28H35N7O. The SMILES string of the molecule is Cc1c(-c2[nH]c3ccc(C4CC5(C4)CN(C(=O)CN(C)C)C5)nc3c2C(C)C)cn2ncnc2c1C. The quantitative estimate of drug-likeness (QED) is 0.456. The average Bonchev–Trinajstić information content (AvgIpc) is 3.38. The first-order valence-corrected chi connectivity index (χ1v) is 12.9. The second-order valence-electron chi connectivity index (χ2n) is 11.6. The van der Waals surface area contributed by atoms with Crippen LogP contribution >= 0.6 is 0 Å². The van der Waals surface area contributed by atoms with Crippen LogP contribution in [0.15, 0.2) is 24.7 Å². The molecule has 36 heavy (non-hydrogen) atoms. The fourth-order valence-electron chi connectivity index (χ4n) is 6.32. The van der Waals surface area contributed by atoms with Gasteiger partial charge in [0.1, 0.15) is 6.33 Å². The molecular weight excluding hydrogens is 450 g/mol. The van der Waals surface area contributed by atoms with Crippen LogP contribution in [0.25, 0.3) is 27.9 Å². The molecule has 0 radical (unpaired) electrons. The molecule has 2 fully saturated rings. The number of nitrogens with zero attached hydrogens (tertiary/aromatic N) is 6. The fraction of sp³-hybridized carbons (Fsp3) is 0.500. The highest BCUT2D eigenvalue weighted by Crippen LogP contribution is 2.56. The molecule has 1 saturated carbocycles. The lowest BCUT2D eigenvalue weighted by molar-refractivity contribution is -0.152. The highest BCUT2D eigenvalue weighted by molar-refractivity contribution is 5.89. The Labute approximate surface area is 211 Å². The molecule has 5 heterocycles. The molecule has 8 heteroatoms. The average molecular weight is 486 g/mol. The molecule has 1 amide bonds. The number of rotatable bonds is 5. The largest absolute Gasteiger partial charge is 0.353 e. The summed E-state index contributed by atoms with van der Waals surface area (Å²) in [7, 11) is 3.89. The number of pyridine rings is 2. The fourth-order valence-corrected chi connectivity index (χ4v) is 6.32. The van der Waals surface area contributed by atoms with Crippen LogP contribution in [-0.4, -0.2) is 74.0 Å². The second-order valence-corrected chi connectivity index (χ2v) is 11.6. The first kappa shape index (κ1) is 23.2. The van der Waals surface area contributed by atoms with Crippen LogP contribution in [0, 0.1) is 19.3 Å². The molecule has 1 spiro atoms. The molecule has 6 rings (SSSR count). The first-order chi connectivity index (χ1) is 17.2. The van der Waals surface area contributed by atoms with Crippen LogP contribution in [0.4, 0.5) is 0 Å². The van der Waals surface area contributed by atoms with Gasteiger partial charge in [-0.05, 0) is 70.0 Å². The van der Waals surface area contributed by atoms with Crippen molar-refractivity contribution in [2.24, 2.45) is 5.41 Å². The van der Waals surface area contributed by atoms with E-state index in [4.69, 9.17) is 4.98 Å². The zero-order chi connectivity index (χ0) is 25.4. The number of amides is 1. The van der Waals surface area contributed by atoms with Gasteiger partial charge in [0.25, 0.3) is 0 Å². The van der Waals surface area contributed by atoms with E-state index in [2.05, 4.69) is 61.1 Å². The predicted octanol–water partition coefficient (Wildman–Crippen LogP) is 4.28. The predicted molar refractivity (Wildman–Crippen MR) is 141 cm³/mol. The third-order valence-corrected chi connectivity index (χ3v) is 8.31. The zero-order valence-corrected chi connectivity index (χ0v) is 22.1. The summed E-state index contributed by atoms with van der Waals surface area (Å²) in [6.07, 6.45) is 5.93. The lowest BCUT2D eigenvalue weighted by Crippen LogP contribution is -2.64. The van der Waals surface area contributed by atoms with Gasteiger partial charge >= 0.3 is 0 Å². The Morgan fingerprint density at radius 2 is 1.94 bits per heavy atom. The monoisotopic (exact) mass is 485 g/mol. The number of aryl methyl sites for hydroxylation is 1. The van der Waals surface area contributed by atoms with Crippen LogP contribution in [0.2, 0.25) is 0 Å². The molecule has 0 bridgehead atoms. The highest BCUT2D eigenvalue weighted by Gasteiger charge is 2.54. The van der Waals surface area contributed by atoms with Crippen molar-refractivity contribution in [3.05, 3.63) is 47.0 Å². The van der Waals surface area contributed by atoms with Crippen molar-refractivity contribution in [3.63, 3.8) is 0 Å². The third kappa shape index (κ3) is 3.53. The summed E-state index contributed by atoms with van der Waals surface area (Å²) in [5.41, 5.74) is 10.4. The third-order valence-electron chi connectivity index (χ3n) is 8.31. The Kier molecular flexibility index (Phi) is 5.23. The topological polar surface area (TPSA) is 82.4 Å². The lowest BCUT2D eigenvalue weighted by atomic mass is 9.57.